The molecule has 0 atom stereocenters. The monoisotopic (exact) mass is 211 g/mol. The highest BCUT2D eigenvalue weighted by Gasteiger charge is 2.35. The molecule has 1 saturated carbocycles. The van der Waals surface area contributed by atoms with Gasteiger partial charge in [0.15, 0.2) is 0 Å². The minimum Gasteiger partial charge on any atom is -0.350 e. The predicted molar refractivity (Wildman–Crippen MR) is 63.7 cm³/mol. The van der Waals surface area contributed by atoms with E-state index in [1.54, 1.807) is 0 Å². The van der Waals surface area contributed by atoms with Crippen LogP contribution >= 0.6 is 0 Å². The van der Waals surface area contributed by atoms with Gasteiger partial charge in [-0.05, 0) is 25.2 Å². The average Bonchev–Trinajstić information content (AvgIpc) is 2.19. The summed E-state index contributed by atoms with van der Waals surface area (Å²) in [5.74, 6) is 0.798. The zero-order valence-corrected chi connectivity index (χ0v) is 10.4. The molecule has 0 aromatic heterocycles. The van der Waals surface area contributed by atoms with Gasteiger partial charge in [-0.15, -0.1) is 0 Å². The van der Waals surface area contributed by atoms with Gasteiger partial charge in [0.1, 0.15) is 0 Å². The van der Waals surface area contributed by atoms with Crippen molar-refractivity contribution in [3.8, 4) is 0 Å². The Morgan fingerprint density at radius 1 is 1.27 bits per heavy atom. The van der Waals surface area contributed by atoms with E-state index < -0.39 is 0 Å². The third-order valence-electron chi connectivity index (χ3n) is 3.72. The number of carbonyl (C=O) groups is 1. The second-order valence-corrected chi connectivity index (χ2v) is 5.17. The van der Waals surface area contributed by atoms with Crippen molar-refractivity contribution < 1.29 is 4.79 Å². The van der Waals surface area contributed by atoms with E-state index in [0.29, 0.717) is 12.3 Å². The van der Waals surface area contributed by atoms with Crippen LogP contribution in [0, 0.1) is 5.92 Å². The van der Waals surface area contributed by atoms with Crippen LogP contribution in [0.15, 0.2) is 0 Å². The molecule has 15 heavy (non-hydrogen) atoms. The molecule has 0 bridgehead atoms. The van der Waals surface area contributed by atoms with Crippen LogP contribution in [0.4, 0.5) is 0 Å². The molecule has 0 heterocycles. The van der Waals surface area contributed by atoms with Crippen molar-refractivity contribution in [2.45, 2.75) is 71.3 Å². The SMILES string of the molecule is CCCC(=O)NC1(C(C)C)CCCCC1. The summed E-state index contributed by atoms with van der Waals surface area (Å²) in [6.45, 7) is 6.53. The van der Waals surface area contributed by atoms with E-state index >= 15 is 0 Å². The zero-order chi connectivity index (χ0) is 11.3. The normalized spacial score (nSPS) is 20.3. The summed E-state index contributed by atoms with van der Waals surface area (Å²) in [7, 11) is 0. The highest BCUT2D eigenvalue weighted by atomic mass is 16.1. The van der Waals surface area contributed by atoms with Crippen LogP contribution in [0.2, 0.25) is 0 Å². The Kier molecular flexibility index (Phi) is 4.62. The molecule has 0 unspecified atom stereocenters. The van der Waals surface area contributed by atoms with Crippen LogP contribution in [0.25, 0.3) is 0 Å². The molecular formula is C13H25NO. The molecule has 2 nitrogen and oxygen atoms in total. The van der Waals surface area contributed by atoms with E-state index in [2.05, 4.69) is 26.1 Å². The number of nitrogens with one attached hydrogen (secondary N) is 1. The molecule has 1 fully saturated rings. The van der Waals surface area contributed by atoms with E-state index in [1.165, 1.54) is 32.1 Å². The lowest BCUT2D eigenvalue weighted by Gasteiger charge is -2.41. The van der Waals surface area contributed by atoms with Crippen LogP contribution < -0.4 is 5.32 Å². The van der Waals surface area contributed by atoms with E-state index in [9.17, 15) is 4.79 Å². The van der Waals surface area contributed by atoms with Crippen molar-refractivity contribution in [1.29, 1.82) is 0 Å². The van der Waals surface area contributed by atoms with Crippen molar-refractivity contribution in [3.63, 3.8) is 0 Å². The van der Waals surface area contributed by atoms with Gasteiger partial charge >= 0.3 is 0 Å². The fourth-order valence-corrected chi connectivity index (χ4v) is 2.60. The van der Waals surface area contributed by atoms with Crippen LogP contribution in [0.3, 0.4) is 0 Å². The summed E-state index contributed by atoms with van der Waals surface area (Å²) in [6.07, 6.45) is 7.82. The van der Waals surface area contributed by atoms with Crippen molar-refractivity contribution in [2.75, 3.05) is 0 Å². The number of hydrogen-bond donors (Lipinski definition) is 1. The Morgan fingerprint density at radius 2 is 1.87 bits per heavy atom. The largest absolute Gasteiger partial charge is 0.350 e. The van der Waals surface area contributed by atoms with E-state index in [-0.39, 0.29) is 11.4 Å². The average molecular weight is 211 g/mol. The van der Waals surface area contributed by atoms with Crippen LogP contribution in [0.5, 0.6) is 0 Å². The van der Waals surface area contributed by atoms with Gasteiger partial charge in [-0.2, -0.15) is 0 Å². The smallest absolute Gasteiger partial charge is 0.220 e. The van der Waals surface area contributed by atoms with Gasteiger partial charge in [-0.3, -0.25) is 4.79 Å². The summed E-state index contributed by atoms with van der Waals surface area (Å²) in [6, 6.07) is 0. The second-order valence-electron chi connectivity index (χ2n) is 5.17. The van der Waals surface area contributed by atoms with Gasteiger partial charge in [0.2, 0.25) is 5.91 Å². The first-order valence-corrected chi connectivity index (χ1v) is 6.42. The number of carbonyl (C=O) groups excluding carboxylic acids is 1. The minimum atomic E-state index is 0.102. The lowest BCUT2D eigenvalue weighted by atomic mass is 9.74. The molecule has 0 saturated heterocycles. The quantitative estimate of drug-likeness (QED) is 0.759. The van der Waals surface area contributed by atoms with Crippen LogP contribution in [-0.2, 0) is 4.79 Å². The Hall–Kier alpha value is -0.530. The highest BCUT2D eigenvalue weighted by molar-refractivity contribution is 5.76. The third-order valence-corrected chi connectivity index (χ3v) is 3.72. The maximum atomic E-state index is 11.7. The molecule has 0 aromatic rings. The van der Waals surface area contributed by atoms with E-state index in [4.69, 9.17) is 0 Å². The fourth-order valence-electron chi connectivity index (χ4n) is 2.60. The van der Waals surface area contributed by atoms with Gasteiger partial charge in [0.25, 0.3) is 0 Å². The van der Waals surface area contributed by atoms with Crippen molar-refractivity contribution in [3.05, 3.63) is 0 Å². The molecule has 1 amide bonds. The zero-order valence-electron chi connectivity index (χ0n) is 10.4. The van der Waals surface area contributed by atoms with Crippen molar-refractivity contribution in [1.82, 2.24) is 5.32 Å². The maximum absolute atomic E-state index is 11.7. The molecule has 1 rings (SSSR count). The molecule has 0 spiro atoms. The number of hydrogen-bond acceptors (Lipinski definition) is 1. The molecule has 1 aliphatic carbocycles. The summed E-state index contributed by atoms with van der Waals surface area (Å²) in [5.41, 5.74) is 0.102. The molecule has 0 aromatic carbocycles. The Labute approximate surface area is 93.8 Å². The Balaban J connectivity index is 2.60. The predicted octanol–water partition coefficient (Wildman–Crippen LogP) is 3.26. The van der Waals surface area contributed by atoms with Crippen LogP contribution in [-0.4, -0.2) is 11.4 Å². The minimum absolute atomic E-state index is 0.102. The van der Waals surface area contributed by atoms with E-state index in [1.807, 2.05) is 0 Å². The first-order valence-electron chi connectivity index (χ1n) is 6.42. The number of rotatable bonds is 4. The topological polar surface area (TPSA) is 29.1 Å². The summed E-state index contributed by atoms with van der Waals surface area (Å²) >= 11 is 0. The third kappa shape index (κ3) is 3.22. The molecule has 1 aliphatic rings. The summed E-state index contributed by atoms with van der Waals surface area (Å²) in [4.78, 5) is 11.7. The van der Waals surface area contributed by atoms with E-state index in [0.717, 1.165) is 6.42 Å². The molecule has 1 N–H and O–H groups in total. The van der Waals surface area contributed by atoms with Gasteiger partial charge in [-0.25, -0.2) is 0 Å². The lowest BCUT2D eigenvalue weighted by Crippen LogP contribution is -2.53. The molecule has 88 valence electrons. The highest BCUT2D eigenvalue weighted by Crippen LogP contribution is 2.34. The first kappa shape index (κ1) is 12.5. The molecule has 0 aliphatic heterocycles. The Morgan fingerprint density at radius 3 is 2.33 bits per heavy atom. The van der Waals surface area contributed by atoms with Gasteiger partial charge in [-0.1, -0.05) is 40.0 Å². The summed E-state index contributed by atoms with van der Waals surface area (Å²) in [5, 5.41) is 3.29. The maximum Gasteiger partial charge on any atom is 0.220 e. The molecule has 0 radical (unpaired) electrons. The molecular weight excluding hydrogens is 186 g/mol. The lowest BCUT2D eigenvalue weighted by molar-refractivity contribution is -0.124. The van der Waals surface area contributed by atoms with Crippen LogP contribution in [0.1, 0.15) is 65.7 Å². The van der Waals surface area contributed by atoms with Gasteiger partial charge < -0.3 is 5.32 Å². The molecule has 2 heteroatoms. The second kappa shape index (κ2) is 5.53. The van der Waals surface area contributed by atoms with Crippen molar-refractivity contribution >= 4 is 5.91 Å². The first-order chi connectivity index (χ1) is 7.10. The summed E-state index contributed by atoms with van der Waals surface area (Å²) < 4.78 is 0. The fraction of sp³-hybridized carbons (Fsp3) is 0.923. The standard InChI is InChI=1S/C13H25NO/c1-4-8-12(15)14-13(11(2)3)9-6-5-7-10-13/h11H,4-10H2,1-3H3,(H,14,15). The van der Waals surface area contributed by atoms with Gasteiger partial charge in [0, 0.05) is 12.0 Å². The van der Waals surface area contributed by atoms with Crippen molar-refractivity contribution in [2.24, 2.45) is 5.92 Å². The van der Waals surface area contributed by atoms with Gasteiger partial charge in [0.05, 0.1) is 0 Å². The Bertz CT molecular complexity index is 205. The number of amides is 1.